The van der Waals surface area contributed by atoms with E-state index in [1.807, 2.05) is 0 Å². The molecule has 0 atom stereocenters. The highest BCUT2D eigenvalue weighted by molar-refractivity contribution is 7.89. The van der Waals surface area contributed by atoms with Crippen molar-refractivity contribution >= 4 is 33.2 Å². The average Bonchev–Trinajstić information content (AvgIpc) is 2.70. The summed E-state index contributed by atoms with van der Waals surface area (Å²) in [5.41, 5.74) is 1.01. The third-order valence-corrected chi connectivity index (χ3v) is 6.77. The molecule has 8 nitrogen and oxygen atoms in total. The van der Waals surface area contributed by atoms with Crippen molar-refractivity contribution in [2.45, 2.75) is 18.7 Å². The Bertz CT molecular complexity index is 1330. The zero-order valence-corrected chi connectivity index (χ0v) is 19.0. The first-order valence-corrected chi connectivity index (χ1v) is 11.0. The average molecular weight is 461 g/mol. The molecule has 31 heavy (non-hydrogen) atoms. The molecule has 0 spiro atoms. The Morgan fingerprint density at radius 3 is 2.42 bits per heavy atom. The molecule has 3 rings (SSSR count). The zero-order chi connectivity index (χ0) is 22.9. The van der Waals surface area contributed by atoms with Crippen LogP contribution in [0.15, 0.2) is 58.2 Å². The monoisotopic (exact) mass is 460 g/mol. The molecule has 1 heterocycles. The smallest absolute Gasteiger partial charge is 0.280 e. The number of rotatable bonds is 5. The van der Waals surface area contributed by atoms with E-state index in [-0.39, 0.29) is 16.3 Å². The Kier molecular flexibility index (Phi) is 6.30. The van der Waals surface area contributed by atoms with Crippen molar-refractivity contribution in [1.29, 1.82) is 0 Å². The maximum Gasteiger partial charge on any atom is 0.280 e. The number of sulfonamides is 1. The molecule has 1 N–H and O–H groups in total. The van der Waals surface area contributed by atoms with Gasteiger partial charge in [-0.25, -0.2) is 17.4 Å². The van der Waals surface area contributed by atoms with E-state index in [1.54, 1.807) is 44.2 Å². The number of nitrogens with one attached hydrogen (secondary N) is 1. The van der Waals surface area contributed by atoms with Crippen LogP contribution in [0.2, 0.25) is 5.02 Å². The number of aryl methyl sites for hydroxylation is 2. The molecule has 0 radical (unpaired) electrons. The summed E-state index contributed by atoms with van der Waals surface area (Å²) in [4.78, 5) is 25.4. The molecular weight excluding hydrogens is 440 g/mol. The van der Waals surface area contributed by atoms with Crippen LogP contribution in [-0.4, -0.2) is 42.5 Å². The number of carbonyl (C=O) groups is 1. The summed E-state index contributed by atoms with van der Waals surface area (Å²) in [6.07, 6.45) is 0. The van der Waals surface area contributed by atoms with Crippen molar-refractivity contribution in [1.82, 2.24) is 14.1 Å². The Balaban J connectivity index is 2.03. The second kappa shape index (κ2) is 8.62. The molecule has 0 bridgehead atoms. The highest BCUT2D eigenvalue weighted by atomic mass is 35.5. The minimum absolute atomic E-state index is 0.0174. The topological polar surface area (TPSA) is 101 Å². The van der Waals surface area contributed by atoms with Crippen LogP contribution in [0.3, 0.4) is 0 Å². The first-order chi connectivity index (χ1) is 14.5. The number of halogens is 1. The van der Waals surface area contributed by atoms with Crippen molar-refractivity contribution < 1.29 is 13.2 Å². The lowest BCUT2D eigenvalue weighted by atomic mass is 10.2. The van der Waals surface area contributed by atoms with Crippen LogP contribution >= 0.6 is 11.6 Å². The second-order valence-corrected chi connectivity index (χ2v) is 9.64. The second-order valence-electron chi connectivity index (χ2n) is 7.08. The van der Waals surface area contributed by atoms with E-state index in [0.29, 0.717) is 22.0 Å². The van der Waals surface area contributed by atoms with Gasteiger partial charge >= 0.3 is 0 Å². The number of carbonyl (C=O) groups excluding carboxylic acids is 1. The molecule has 1 aromatic heterocycles. The van der Waals surface area contributed by atoms with Crippen LogP contribution in [-0.2, 0) is 10.0 Å². The number of hydrogen-bond donors (Lipinski definition) is 1. The maximum atomic E-state index is 12.9. The normalized spacial score (nSPS) is 11.5. The molecular formula is C21H21ClN4O4S. The van der Waals surface area contributed by atoms with Gasteiger partial charge in [-0.15, -0.1) is 0 Å². The maximum absolute atomic E-state index is 12.9. The molecule has 10 heteroatoms. The molecule has 0 aliphatic rings. The van der Waals surface area contributed by atoms with E-state index >= 15 is 0 Å². The van der Waals surface area contributed by atoms with Crippen LogP contribution in [0.1, 0.15) is 21.7 Å². The van der Waals surface area contributed by atoms with Gasteiger partial charge in [0.1, 0.15) is 0 Å². The van der Waals surface area contributed by atoms with Crippen LogP contribution in [0.5, 0.6) is 0 Å². The van der Waals surface area contributed by atoms with Gasteiger partial charge in [0, 0.05) is 31.5 Å². The number of benzene rings is 2. The van der Waals surface area contributed by atoms with Crippen molar-refractivity contribution in [3.63, 3.8) is 0 Å². The third-order valence-electron chi connectivity index (χ3n) is 4.64. The number of nitrogens with zero attached hydrogens (tertiary/aromatic N) is 3. The van der Waals surface area contributed by atoms with E-state index < -0.39 is 21.4 Å². The number of anilines is 1. The summed E-state index contributed by atoms with van der Waals surface area (Å²) in [7, 11) is -0.857. The minimum atomic E-state index is -3.69. The first-order valence-electron chi connectivity index (χ1n) is 9.23. The highest BCUT2D eigenvalue weighted by Crippen LogP contribution is 2.23. The lowest BCUT2D eigenvalue weighted by molar-refractivity contribution is 0.101. The minimum Gasteiger partial charge on any atom is -0.320 e. The quantitative estimate of drug-likeness (QED) is 0.630. The van der Waals surface area contributed by atoms with E-state index in [4.69, 9.17) is 11.6 Å². The molecule has 2 aromatic carbocycles. The summed E-state index contributed by atoms with van der Waals surface area (Å²) in [6.45, 7) is 3.39. The van der Waals surface area contributed by atoms with Gasteiger partial charge in [-0.3, -0.25) is 9.59 Å². The van der Waals surface area contributed by atoms with Crippen LogP contribution in [0.4, 0.5) is 5.69 Å². The number of aromatic nitrogens is 2. The van der Waals surface area contributed by atoms with Crippen molar-refractivity contribution in [2.75, 3.05) is 19.4 Å². The summed E-state index contributed by atoms with van der Waals surface area (Å²) in [5.74, 6) is -0.756. The van der Waals surface area contributed by atoms with E-state index in [1.165, 1.54) is 37.0 Å². The van der Waals surface area contributed by atoms with Crippen LogP contribution < -0.4 is 10.7 Å². The lowest BCUT2D eigenvalue weighted by Crippen LogP contribution is -2.27. The summed E-state index contributed by atoms with van der Waals surface area (Å²) in [6, 6.07) is 12.6. The largest absolute Gasteiger partial charge is 0.320 e. The summed E-state index contributed by atoms with van der Waals surface area (Å²) < 4.78 is 27.3. The number of para-hydroxylation sites is 1. The highest BCUT2D eigenvalue weighted by Gasteiger charge is 2.21. The Morgan fingerprint density at radius 2 is 1.77 bits per heavy atom. The summed E-state index contributed by atoms with van der Waals surface area (Å²) >= 11 is 6.24. The molecule has 0 saturated heterocycles. The molecule has 0 saturated carbocycles. The van der Waals surface area contributed by atoms with Gasteiger partial charge in [0.15, 0.2) is 5.69 Å². The lowest BCUT2D eigenvalue weighted by Gasteiger charge is -2.15. The van der Waals surface area contributed by atoms with Gasteiger partial charge in [-0.2, -0.15) is 5.10 Å². The van der Waals surface area contributed by atoms with Crippen LogP contribution in [0, 0.1) is 13.8 Å². The fourth-order valence-corrected chi connectivity index (χ4v) is 4.00. The zero-order valence-electron chi connectivity index (χ0n) is 17.4. The van der Waals surface area contributed by atoms with Gasteiger partial charge in [-0.1, -0.05) is 29.8 Å². The number of amides is 1. The Morgan fingerprint density at radius 1 is 1.10 bits per heavy atom. The fraction of sp³-hybridized carbons (Fsp3) is 0.190. The van der Waals surface area contributed by atoms with E-state index in [0.717, 1.165) is 4.31 Å². The predicted octanol–water partition coefficient (Wildman–Crippen LogP) is 3.01. The molecule has 0 unspecified atom stereocenters. The van der Waals surface area contributed by atoms with E-state index in [9.17, 15) is 18.0 Å². The Labute approximate surface area is 185 Å². The fourth-order valence-electron chi connectivity index (χ4n) is 2.86. The van der Waals surface area contributed by atoms with Crippen molar-refractivity contribution in [3.8, 4) is 5.69 Å². The molecule has 3 aromatic rings. The first kappa shape index (κ1) is 22.7. The molecule has 162 valence electrons. The van der Waals surface area contributed by atoms with Crippen molar-refractivity contribution in [3.05, 3.63) is 80.7 Å². The standard InChI is InChI=1S/C21H21ClN4O4S/c1-13-9-10-15(31(29,30)25(3)4)12-17(13)23-21(28)20-19(27)11-14(2)26(24-20)18-8-6-5-7-16(18)22/h5-12H,1-4H3,(H,23,28). The van der Waals surface area contributed by atoms with Gasteiger partial charge in [0.2, 0.25) is 15.5 Å². The SMILES string of the molecule is Cc1ccc(S(=O)(=O)N(C)C)cc1NC(=O)c1nn(-c2ccccc2Cl)c(C)cc1=O. The number of hydrogen-bond acceptors (Lipinski definition) is 5. The molecule has 1 amide bonds. The summed E-state index contributed by atoms with van der Waals surface area (Å²) in [5, 5.41) is 7.22. The van der Waals surface area contributed by atoms with Gasteiger partial charge in [0.05, 0.1) is 15.6 Å². The van der Waals surface area contributed by atoms with Crippen molar-refractivity contribution in [2.24, 2.45) is 0 Å². The van der Waals surface area contributed by atoms with E-state index in [2.05, 4.69) is 10.4 Å². The molecule has 0 aliphatic heterocycles. The van der Waals surface area contributed by atoms with Gasteiger partial charge in [0.25, 0.3) is 5.91 Å². The predicted molar refractivity (Wildman–Crippen MR) is 120 cm³/mol. The Hall–Kier alpha value is -3.01. The molecule has 0 fully saturated rings. The van der Waals surface area contributed by atoms with Gasteiger partial charge < -0.3 is 5.32 Å². The third kappa shape index (κ3) is 4.53. The van der Waals surface area contributed by atoms with Crippen LogP contribution in [0.25, 0.3) is 5.69 Å². The van der Waals surface area contributed by atoms with Gasteiger partial charge in [-0.05, 0) is 43.7 Å². The molecule has 0 aliphatic carbocycles.